The van der Waals surface area contributed by atoms with Gasteiger partial charge >= 0.3 is 0 Å². The van der Waals surface area contributed by atoms with E-state index in [1.807, 2.05) is 12.1 Å². The molecule has 2 N–H and O–H groups in total. The van der Waals surface area contributed by atoms with Crippen molar-refractivity contribution in [1.29, 1.82) is 0 Å². The van der Waals surface area contributed by atoms with Gasteiger partial charge in [-0.15, -0.1) is 0 Å². The third kappa shape index (κ3) is 3.87. The Balaban J connectivity index is 1.67. The maximum Gasteiger partial charge on any atom is 0.228 e. The van der Waals surface area contributed by atoms with Crippen LogP contribution in [0.5, 0.6) is 0 Å². The Morgan fingerprint density at radius 3 is 2.67 bits per heavy atom. The van der Waals surface area contributed by atoms with Gasteiger partial charge in [-0.3, -0.25) is 14.4 Å². The largest absolute Gasteiger partial charge is 0.326 e. The second-order valence-electron chi connectivity index (χ2n) is 5.86. The molecule has 2 amide bonds. The van der Waals surface area contributed by atoms with Crippen LogP contribution in [0.25, 0.3) is 0 Å². The lowest BCUT2D eigenvalue weighted by atomic mass is 10.1. The third-order valence-electron chi connectivity index (χ3n) is 4.00. The predicted octanol–water partition coefficient (Wildman–Crippen LogP) is 2.96. The molecular formula is C19H18N2O3. The summed E-state index contributed by atoms with van der Waals surface area (Å²) in [5.41, 5.74) is 3.93. The highest BCUT2D eigenvalue weighted by atomic mass is 16.2. The first-order valence-corrected chi connectivity index (χ1v) is 7.91. The van der Waals surface area contributed by atoms with Gasteiger partial charge in [0.05, 0.1) is 6.42 Å². The molecule has 0 atom stereocenters. The highest BCUT2D eigenvalue weighted by Gasteiger charge is 2.13. The monoisotopic (exact) mass is 322 g/mol. The Kier molecular flexibility index (Phi) is 4.70. The normalized spacial score (nSPS) is 13.4. The molecule has 5 nitrogen and oxygen atoms in total. The van der Waals surface area contributed by atoms with Crippen LogP contribution in [-0.4, -0.2) is 18.1 Å². The minimum absolute atomic E-state index is 0.00694. The van der Waals surface area contributed by atoms with Crippen molar-refractivity contribution in [2.75, 3.05) is 10.6 Å². The number of rotatable bonds is 4. The molecule has 0 radical (unpaired) electrons. The zero-order chi connectivity index (χ0) is 16.9. The first-order valence-electron chi connectivity index (χ1n) is 7.91. The van der Waals surface area contributed by atoms with Crippen LogP contribution in [0.3, 0.4) is 0 Å². The molecule has 1 heterocycles. The number of anilines is 2. The maximum absolute atomic E-state index is 12.2. The van der Waals surface area contributed by atoms with E-state index in [1.165, 1.54) is 0 Å². The van der Waals surface area contributed by atoms with E-state index in [2.05, 4.69) is 10.6 Å². The Bertz CT molecular complexity index is 782. The fourth-order valence-corrected chi connectivity index (χ4v) is 2.75. The van der Waals surface area contributed by atoms with Crippen molar-refractivity contribution >= 4 is 29.5 Å². The van der Waals surface area contributed by atoms with Crippen LogP contribution in [0.1, 0.15) is 34.3 Å². The molecule has 0 aromatic heterocycles. The Labute approximate surface area is 140 Å². The lowest BCUT2D eigenvalue weighted by Gasteiger charge is -2.11. The zero-order valence-corrected chi connectivity index (χ0v) is 13.2. The SMILES string of the molecule is O=Cc1ccc(CC(=O)Nc2ccc3c(c2)NC(=O)CCC3)cc1. The minimum Gasteiger partial charge on any atom is -0.326 e. The Morgan fingerprint density at radius 1 is 1.12 bits per heavy atom. The van der Waals surface area contributed by atoms with Crippen molar-refractivity contribution in [2.24, 2.45) is 0 Å². The number of carbonyl (C=O) groups is 3. The van der Waals surface area contributed by atoms with Crippen LogP contribution in [0.4, 0.5) is 11.4 Å². The van der Waals surface area contributed by atoms with Gasteiger partial charge in [0, 0.05) is 23.4 Å². The highest BCUT2D eigenvalue weighted by Crippen LogP contribution is 2.25. The average Bonchev–Trinajstić information content (AvgIpc) is 2.75. The number of benzene rings is 2. The number of fused-ring (bicyclic) bond motifs is 1. The highest BCUT2D eigenvalue weighted by molar-refractivity contribution is 5.96. The molecule has 0 unspecified atom stereocenters. The molecular weight excluding hydrogens is 304 g/mol. The summed E-state index contributed by atoms with van der Waals surface area (Å²) in [6.07, 6.45) is 3.20. The van der Waals surface area contributed by atoms with Crippen molar-refractivity contribution in [1.82, 2.24) is 0 Å². The fraction of sp³-hybridized carbons (Fsp3) is 0.211. The van der Waals surface area contributed by atoms with Crippen LogP contribution in [0.2, 0.25) is 0 Å². The fourth-order valence-electron chi connectivity index (χ4n) is 2.75. The summed E-state index contributed by atoms with van der Waals surface area (Å²) in [4.78, 5) is 34.5. The van der Waals surface area contributed by atoms with Crippen molar-refractivity contribution in [3.63, 3.8) is 0 Å². The van der Waals surface area contributed by atoms with Gasteiger partial charge in [0.2, 0.25) is 11.8 Å². The van der Waals surface area contributed by atoms with Crippen LogP contribution in [-0.2, 0) is 22.4 Å². The van der Waals surface area contributed by atoms with E-state index >= 15 is 0 Å². The molecule has 0 aliphatic carbocycles. The lowest BCUT2D eigenvalue weighted by molar-refractivity contribution is -0.116. The van der Waals surface area contributed by atoms with Gasteiger partial charge in [-0.25, -0.2) is 0 Å². The van der Waals surface area contributed by atoms with Crippen molar-refractivity contribution < 1.29 is 14.4 Å². The van der Waals surface area contributed by atoms with Gasteiger partial charge in [0.1, 0.15) is 6.29 Å². The second kappa shape index (κ2) is 7.08. The number of aryl methyl sites for hydroxylation is 1. The first kappa shape index (κ1) is 15.9. The molecule has 122 valence electrons. The summed E-state index contributed by atoms with van der Waals surface area (Å²) in [6, 6.07) is 12.5. The molecule has 3 rings (SSSR count). The standard InChI is InChI=1S/C19H18N2O3/c22-12-14-6-4-13(5-7-14)10-19(24)20-16-9-8-15-2-1-3-18(23)21-17(15)11-16/h4-9,11-12H,1-3,10H2,(H,20,24)(H,21,23). The van der Waals surface area contributed by atoms with Crippen LogP contribution in [0.15, 0.2) is 42.5 Å². The quantitative estimate of drug-likeness (QED) is 0.850. The smallest absolute Gasteiger partial charge is 0.228 e. The number of aldehydes is 1. The molecule has 0 bridgehead atoms. The second-order valence-corrected chi connectivity index (χ2v) is 5.86. The summed E-state index contributed by atoms with van der Waals surface area (Å²) in [5, 5.41) is 5.72. The summed E-state index contributed by atoms with van der Waals surface area (Å²) in [5.74, 6) is -0.138. The van der Waals surface area contributed by atoms with Crippen LogP contribution in [0, 0.1) is 0 Å². The van der Waals surface area contributed by atoms with E-state index in [1.54, 1.807) is 30.3 Å². The first-order chi connectivity index (χ1) is 11.6. The van der Waals surface area contributed by atoms with E-state index in [4.69, 9.17) is 0 Å². The topological polar surface area (TPSA) is 75.3 Å². The van der Waals surface area contributed by atoms with Gasteiger partial charge in [0.15, 0.2) is 0 Å². The van der Waals surface area contributed by atoms with Gasteiger partial charge in [-0.05, 0) is 36.1 Å². The summed E-state index contributed by atoms with van der Waals surface area (Å²) in [6.45, 7) is 0. The molecule has 0 fully saturated rings. The van der Waals surface area contributed by atoms with Gasteiger partial charge < -0.3 is 10.6 Å². The lowest BCUT2D eigenvalue weighted by Crippen LogP contribution is -2.15. The van der Waals surface area contributed by atoms with Gasteiger partial charge in [-0.2, -0.15) is 0 Å². The van der Waals surface area contributed by atoms with E-state index in [9.17, 15) is 14.4 Å². The summed E-state index contributed by atoms with van der Waals surface area (Å²) >= 11 is 0. The van der Waals surface area contributed by atoms with E-state index < -0.39 is 0 Å². The van der Waals surface area contributed by atoms with Crippen LogP contribution >= 0.6 is 0 Å². The molecule has 1 aliphatic rings. The maximum atomic E-state index is 12.2. The van der Waals surface area contributed by atoms with Crippen molar-refractivity contribution in [2.45, 2.75) is 25.7 Å². The number of hydrogen-bond acceptors (Lipinski definition) is 3. The summed E-state index contributed by atoms with van der Waals surface area (Å²) in [7, 11) is 0. The molecule has 0 spiro atoms. The van der Waals surface area contributed by atoms with E-state index in [-0.39, 0.29) is 18.2 Å². The zero-order valence-electron chi connectivity index (χ0n) is 13.2. The molecule has 0 saturated carbocycles. The number of nitrogens with one attached hydrogen (secondary N) is 2. The number of hydrogen-bond donors (Lipinski definition) is 2. The number of carbonyl (C=O) groups excluding carboxylic acids is 3. The van der Waals surface area contributed by atoms with Crippen molar-refractivity contribution in [3.8, 4) is 0 Å². The summed E-state index contributed by atoms with van der Waals surface area (Å²) < 4.78 is 0. The van der Waals surface area contributed by atoms with Crippen molar-refractivity contribution in [3.05, 3.63) is 59.2 Å². The van der Waals surface area contributed by atoms with E-state index in [0.717, 1.165) is 35.9 Å². The van der Waals surface area contributed by atoms with E-state index in [0.29, 0.717) is 17.7 Å². The van der Waals surface area contributed by atoms with Crippen LogP contribution < -0.4 is 10.6 Å². The average molecular weight is 322 g/mol. The molecule has 5 heteroatoms. The molecule has 2 aromatic carbocycles. The minimum atomic E-state index is -0.145. The molecule has 2 aromatic rings. The van der Waals surface area contributed by atoms with Gasteiger partial charge in [-0.1, -0.05) is 30.3 Å². The Morgan fingerprint density at radius 2 is 1.92 bits per heavy atom. The molecule has 0 saturated heterocycles. The molecule has 1 aliphatic heterocycles. The Hall–Kier alpha value is -2.95. The third-order valence-corrected chi connectivity index (χ3v) is 4.00. The number of amides is 2. The van der Waals surface area contributed by atoms with Gasteiger partial charge in [0.25, 0.3) is 0 Å². The predicted molar refractivity (Wildman–Crippen MR) is 92.2 cm³/mol. The molecule has 24 heavy (non-hydrogen) atoms.